The van der Waals surface area contributed by atoms with Gasteiger partial charge in [-0.2, -0.15) is 0 Å². The van der Waals surface area contributed by atoms with E-state index in [1.54, 1.807) is 27.7 Å². The molecule has 1 aliphatic rings. The number of carbonyl (C=O) groups excluding carboxylic acids is 2. The van der Waals surface area contributed by atoms with Gasteiger partial charge in [0.05, 0.1) is 0 Å². The molecule has 1 aromatic heterocycles. The maximum absolute atomic E-state index is 12.2. The Morgan fingerprint density at radius 3 is 2.49 bits per heavy atom. The van der Waals surface area contributed by atoms with Crippen molar-refractivity contribution < 1.29 is 42.5 Å². The van der Waals surface area contributed by atoms with Gasteiger partial charge in [-0.25, -0.2) is 0 Å². The van der Waals surface area contributed by atoms with E-state index in [4.69, 9.17) is 28.0 Å². The zero-order valence-corrected chi connectivity index (χ0v) is 21.3. The molecule has 200 valence electrons. The van der Waals surface area contributed by atoms with Crippen molar-refractivity contribution in [1.29, 1.82) is 0 Å². The Labute approximate surface area is 202 Å². The number of aromatic amines is 1. The zero-order chi connectivity index (χ0) is 26.2. The Morgan fingerprint density at radius 1 is 1.17 bits per heavy atom. The van der Waals surface area contributed by atoms with Crippen molar-refractivity contribution in [3.8, 4) is 0 Å². The summed E-state index contributed by atoms with van der Waals surface area (Å²) in [7, 11) is -4.30. The van der Waals surface area contributed by atoms with Crippen LogP contribution in [0.25, 0.3) is 0 Å². The SMILES string of the molecule is CC(C)OC(=O)OCO[PH](O)(N[C@@H](C)C(=O)OC(C)C)OCC1CC[C@H](n2ccc(=O)[nH]c2=O)O1. The number of esters is 1. The van der Waals surface area contributed by atoms with E-state index in [1.807, 2.05) is 0 Å². The molecule has 1 aliphatic heterocycles. The topological polar surface area (TPSA) is 177 Å². The van der Waals surface area contributed by atoms with Gasteiger partial charge in [0.15, 0.2) is 0 Å². The number of H-pyrrole nitrogens is 1. The number of nitrogens with zero attached hydrogens (tertiary/aromatic N) is 1. The Hall–Kier alpha value is -2.35. The maximum atomic E-state index is 12.2. The first-order chi connectivity index (χ1) is 16.4. The van der Waals surface area contributed by atoms with E-state index in [9.17, 15) is 24.1 Å². The average Bonchev–Trinajstić information content (AvgIpc) is 3.20. The van der Waals surface area contributed by atoms with Crippen LogP contribution in [-0.2, 0) is 32.8 Å². The molecule has 0 aromatic carbocycles. The van der Waals surface area contributed by atoms with Gasteiger partial charge in [0.2, 0.25) is 0 Å². The van der Waals surface area contributed by atoms with Crippen LogP contribution in [0.1, 0.15) is 53.7 Å². The fourth-order valence-corrected chi connectivity index (χ4v) is 4.60. The van der Waals surface area contributed by atoms with Crippen LogP contribution in [0.5, 0.6) is 0 Å². The summed E-state index contributed by atoms with van der Waals surface area (Å²) in [5.41, 5.74) is -1.13. The number of carbonyl (C=O) groups is 2. The van der Waals surface area contributed by atoms with E-state index in [2.05, 4.69) is 10.1 Å². The second kappa shape index (κ2) is 13.1. The molecule has 2 rings (SSSR count). The molecule has 1 aromatic rings. The molecule has 3 atom stereocenters. The van der Waals surface area contributed by atoms with E-state index in [1.165, 1.54) is 23.8 Å². The van der Waals surface area contributed by atoms with E-state index in [-0.39, 0.29) is 12.7 Å². The van der Waals surface area contributed by atoms with Gasteiger partial charge in [-0.15, -0.1) is 0 Å². The molecule has 0 amide bonds. The van der Waals surface area contributed by atoms with Crippen LogP contribution in [-0.4, -0.2) is 64.3 Å². The van der Waals surface area contributed by atoms with Crippen molar-refractivity contribution in [3.05, 3.63) is 33.1 Å². The first-order valence-electron chi connectivity index (χ1n) is 11.2. The molecular weight excluding hydrogens is 489 g/mol. The number of hydrogen-bond donors (Lipinski definition) is 3. The third-order valence-electron chi connectivity index (χ3n) is 4.58. The Morgan fingerprint density at radius 2 is 1.86 bits per heavy atom. The fourth-order valence-electron chi connectivity index (χ4n) is 3.05. The summed E-state index contributed by atoms with van der Waals surface area (Å²) in [5, 5.41) is 2.59. The number of nitrogens with one attached hydrogen (secondary N) is 2. The molecular formula is C20H34N3O11P. The van der Waals surface area contributed by atoms with Crippen molar-refractivity contribution in [2.45, 2.75) is 78.0 Å². The van der Waals surface area contributed by atoms with Crippen molar-refractivity contribution >= 4 is 20.2 Å². The molecule has 0 radical (unpaired) electrons. The minimum atomic E-state index is -4.30. The molecule has 14 nitrogen and oxygen atoms in total. The Balaban J connectivity index is 1.99. The van der Waals surface area contributed by atoms with Crippen LogP contribution < -0.4 is 16.3 Å². The fraction of sp³-hybridized carbons (Fsp3) is 0.700. The number of hydrogen-bond acceptors (Lipinski definition) is 12. The molecule has 0 aliphatic carbocycles. The van der Waals surface area contributed by atoms with Crippen LogP contribution in [0.3, 0.4) is 0 Å². The average molecular weight is 523 g/mol. The van der Waals surface area contributed by atoms with E-state index in [0.29, 0.717) is 12.8 Å². The quantitative estimate of drug-likeness (QED) is 0.202. The molecule has 0 spiro atoms. The molecule has 3 N–H and O–H groups in total. The third kappa shape index (κ3) is 9.67. The normalized spacial score (nSPS) is 19.5. The first-order valence-corrected chi connectivity index (χ1v) is 12.9. The van der Waals surface area contributed by atoms with Crippen LogP contribution in [0.2, 0.25) is 0 Å². The summed E-state index contributed by atoms with van der Waals surface area (Å²) in [6.45, 7) is 7.22. The molecule has 15 heteroatoms. The molecule has 1 unspecified atom stereocenters. The van der Waals surface area contributed by atoms with Gasteiger partial charge < -0.3 is 0 Å². The van der Waals surface area contributed by atoms with E-state index >= 15 is 0 Å². The molecule has 0 saturated carbocycles. The van der Waals surface area contributed by atoms with Gasteiger partial charge in [0, 0.05) is 0 Å². The summed E-state index contributed by atoms with van der Waals surface area (Å²) in [5.74, 6) is -0.645. The summed E-state index contributed by atoms with van der Waals surface area (Å²) in [6, 6.07) is 0.202. The predicted octanol–water partition coefficient (Wildman–Crippen LogP) is 1.10. The predicted molar refractivity (Wildman–Crippen MR) is 123 cm³/mol. The third-order valence-corrected chi connectivity index (χ3v) is 6.44. The van der Waals surface area contributed by atoms with Crippen LogP contribution in [0.15, 0.2) is 21.9 Å². The first kappa shape index (κ1) is 28.9. The Kier molecular flexibility index (Phi) is 10.8. The van der Waals surface area contributed by atoms with Crippen LogP contribution in [0, 0.1) is 0 Å². The van der Waals surface area contributed by atoms with E-state index < -0.39 is 62.7 Å². The number of rotatable bonds is 12. The number of ether oxygens (including phenoxy) is 4. The monoisotopic (exact) mass is 523 g/mol. The van der Waals surface area contributed by atoms with Crippen molar-refractivity contribution in [2.75, 3.05) is 13.4 Å². The van der Waals surface area contributed by atoms with Gasteiger partial charge in [-0.05, 0) is 0 Å². The van der Waals surface area contributed by atoms with Crippen LogP contribution >= 0.6 is 8.09 Å². The molecule has 2 heterocycles. The van der Waals surface area contributed by atoms with Gasteiger partial charge >= 0.3 is 202 Å². The van der Waals surface area contributed by atoms with Crippen molar-refractivity contribution in [3.63, 3.8) is 0 Å². The summed E-state index contributed by atoms with van der Waals surface area (Å²) in [4.78, 5) is 60.1. The molecule has 1 saturated heterocycles. The van der Waals surface area contributed by atoms with Gasteiger partial charge in [0.1, 0.15) is 0 Å². The summed E-state index contributed by atoms with van der Waals surface area (Å²) in [6.07, 6.45) is -0.701. The van der Waals surface area contributed by atoms with Gasteiger partial charge in [-0.1, -0.05) is 0 Å². The summed E-state index contributed by atoms with van der Waals surface area (Å²) < 4.78 is 32.7. The van der Waals surface area contributed by atoms with Crippen LogP contribution in [0.4, 0.5) is 4.79 Å². The van der Waals surface area contributed by atoms with Crippen molar-refractivity contribution in [1.82, 2.24) is 14.6 Å². The molecule has 1 fully saturated rings. The van der Waals surface area contributed by atoms with E-state index in [0.717, 1.165) is 0 Å². The minimum absolute atomic E-state index is 0.160. The standard InChI is InChI=1S/C20H34N3O11P/c1-12(2)32-18(25)14(5)22-35(28,31-11-29-20(27)33-13(3)4)30-10-15-6-7-17(34-15)23-9-8-16(24)21-19(23)26/h8-9,12-15,17,22,28,35H,6-7,10-11H2,1-5H3,(H,21,24,26)/t14-,15?,17+/m0/s1. The van der Waals surface area contributed by atoms with Crippen molar-refractivity contribution in [2.24, 2.45) is 0 Å². The second-order valence-electron chi connectivity index (χ2n) is 8.38. The van der Waals surface area contributed by atoms with Gasteiger partial charge in [0.25, 0.3) is 0 Å². The number of aromatic nitrogens is 2. The zero-order valence-electron chi connectivity index (χ0n) is 20.3. The second-order valence-corrected chi connectivity index (χ2v) is 10.4. The molecule has 35 heavy (non-hydrogen) atoms. The molecule has 0 bridgehead atoms. The summed E-state index contributed by atoms with van der Waals surface area (Å²) >= 11 is 0. The Bertz CT molecular complexity index is 966. The van der Waals surface area contributed by atoms with Gasteiger partial charge in [-0.3, -0.25) is 0 Å².